The van der Waals surface area contributed by atoms with E-state index in [0.29, 0.717) is 12.5 Å². The summed E-state index contributed by atoms with van der Waals surface area (Å²) in [7, 11) is 0. The Hall–Kier alpha value is -1.84. The van der Waals surface area contributed by atoms with Crippen molar-refractivity contribution < 1.29 is 9.59 Å². The molecule has 1 aromatic rings. The highest BCUT2D eigenvalue weighted by molar-refractivity contribution is 5.72. The lowest BCUT2D eigenvalue weighted by atomic mass is 9.86. The van der Waals surface area contributed by atoms with Gasteiger partial charge >= 0.3 is 0 Å². The lowest BCUT2D eigenvalue weighted by molar-refractivity contribution is -0.120. The Morgan fingerprint density at radius 3 is 2.68 bits per heavy atom. The first-order valence-electron chi connectivity index (χ1n) is 6.72. The second kappa shape index (κ2) is 6.36. The summed E-state index contributed by atoms with van der Waals surface area (Å²) in [6.07, 6.45) is 2.92. The molecular formula is C15H20N2O2. The highest BCUT2D eigenvalue weighted by Gasteiger charge is 2.21. The van der Waals surface area contributed by atoms with Crippen molar-refractivity contribution in [3.05, 3.63) is 35.4 Å². The number of carbonyl (C=O) groups is 2. The van der Waals surface area contributed by atoms with E-state index < -0.39 is 0 Å². The van der Waals surface area contributed by atoms with E-state index in [4.69, 9.17) is 0 Å². The maximum atomic E-state index is 11.0. The van der Waals surface area contributed by atoms with Crippen LogP contribution in [0.3, 0.4) is 0 Å². The van der Waals surface area contributed by atoms with Crippen molar-refractivity contribution in [1.29, 1.82) is 0 Å². The molecule has 4 heteroatoms. The molecule has 102 valence electrons. The van der Waals surface area contributed by atoms with Crippen LogP contribution in [-0.4, -0.2) is 30.3 Å². The third-order valence-electron chi connectivity index (χ3n) is 3.70. The first-order valence-corrected chi connectivity index (χ1v) is 6.72. The second-order valence-corrected chi connectivity index (χ2v) is 5.02. The van der Waals surface area contributed by atoms with E-state index in [1.54, 1.807) is 0 Å². The van der Waals surface area contributed by atoms with Crippen LogP contribution < -0.4 is 5.32 Å². The smallest absolute Gasteiger partial charge is 0.217 e. The van der Waals surface area contributed by atoms with Gasteiger partial charge in [0.15, 0.2) is 0 Å². The van der Waals surface area contributed by atoms with Crippen LogP contribution in [0.1, 0.15) is 36.8 Å². The molecule has 0 saturated carbocycles. The fraction of sp³-hybridized carbons (Fsp3) is 0.467. The minimum Gasteiger partial charge on any atom is -0.352 e. The van der Waals surface area contributed by atoms with Gasteiger partial charge in [-0.1, -0.05) is 24.3 Å². The number of rotatable bonds is 4. The SMILES string of the molecule is CC(=O)NCc1ccccc1C1CCN(C=O)CC1. The Bertz CT molecular complexity index is 451. The third kappa shape index (κ3) is 3.56. The molecule has 0 bridgehead atoms. The van der Waals surface area contributed by atoms with Crippen LogP contribution >= 0.6 is 0 Å². The molecule has 1 N–H and O–H groups in total. The largest absolute Gasteiger partial charge is 0.352 e. The molecule has 1 saturated heterocycles. The maximum Gasteiger partial charge on any atom is 0.217 e. The first kappa shape index (κ1) is 13.6. The molecule has 1 aliphatic rings. The monoisotopic (exact) mass is 260 g/mol. The quantitative estimate of drug-likeness (QED) is 0.837. The molecular weight excluding hydrogens is 240 g/mol. The predicted octanol–water partition coefficient (Wildman–Crippen LogP) is 1.66. The van der Waals surface area contributed by atoms with Gasteiger partial charge < -0.3 is 10.2 Å². The summed E-state index contributed by atoms with van der Waals surface area (Å²) in [4.78, 5) is 23.6. The number of hydrogen-bond acceptors (Lipinski definition) is 2. The van der Waals surface area contributed by atoms with Gasteiger partial charge in [-0.2, -0.15) is 0 Å². The van der Waals surface area contributed by atoms with Gasteiger partial charge in [0.1, 0.15) is 0 Å². The van der Waals surface area contributed by atoms with E-state index in [1.165, 1.54) is 18.1 Å². The Morgan fingerprint density at radius 2 is 2.05 bits per heavy atom. The predicted molar refractivity (Wildman–Crippen MR) is 73.6 cm³/mol. The zero-order valence-corrected chi connectivity index (χ0v) is 11.3. The number of amides is 2. The number of nitrogens with zero attached hydrogens (tertiary/aromatic N) is 1. The molecule has 1 heterocycles. The second-order valence-electron chi connectivity index (χ2n) is 5.02. The summed E-state index contributed by atoms with van der Waals surface area (Å²) < 4.78 is 0. The van der Waals surface area contributed by atoms with Crippen LogP contribution in [0, 0.1) is 0 Å². The fourth-order valence-corrected chi connectivity index (χ4v) is 2.63. The van der Waals surface area contributed by atoms with Gasteiger partial charge in [-0.25, -0.2) is 0 Å². The summed E-state index contributed by atoms with van der Waals surface area (Å²) in [5.41, 5.74) is 2.49. The molecule has 0 atom stereocenters. The van der Waals surface area contributed by atoms with Crippen molar-refractivity contribution in [3.63, 3.8) is 0 Å². The molecule has 0 aliphatic carbocycles. The number of benzene rings is 1. The van der Waals surface area contributed by atoms with Crippen molar-refractivity contribution in [1.82, 2.24) is 10.2 Å². The number of hydrogen-bond donors (Lipinski definition) is 1. The van der Waals surface area contributed by atoms with Crippen molar-refractivity contribution in [2.24, 2.45) is 0 Å². The summed E-state index contributed by atoms with van der Waals surface area (Å²) in [6, 6.07) is 8.25. The molecule has 2 rings (SSSR count). The van der Waals surface area contributed by atoms with E-state index >= 15 is 0 Å². The summed E-state index contributed by atoms with van der Waals surface area (Å²) in [5.74, 6) is 0.478. The van der Waals surface area contributed by atoms with E-state index in [1.807, 2.05) is 17.0 Å². The van der Waals surface area contributed by atoms with E-state index in [2.05, 4.69) is 17.4 Å². The van der Waals surface area contributed by atoms with Gasteiger partial charge in [0.25, 0.3) is 0 Å². The molecule has 0 aromatic heterocycles. The molecule has 4 nitrogen and oxygen atoms in total. The first-order chi connectivity index (χ1) is 9.20. The van der Waals surface area contributed by atoms with E-state index in [-0.39, 0.29) is 5.91 Å². The number of likely N-dealkylation sites (tertiary alicyclic amines) is 1. The Kier molecular flexibility index (Phi) is 4.55. The number of carbonyl (C=O) groups excluding carboxylic acids is 2. The third-order valence-corrected chi connectivity index (χ3v) is 3.70. The molecule has 1 aliphatic heterocycles. The molecule has 0 unspecified atom stereocenters. The topological polar surface area (TPSA) is 49.4 Å². The highest BCUT2D eigenvalue weighted by atomic mass is 16.1. The van der Waals surface area contributed by atoms with Gasteiger partial charge in [0.2, 0.25) is 12.3 Å². The zero-order valence-electron chi connectivity index (χ0n) is 11.3. The van der Waals surface area contributed by atoms with Crippen LogP contribution in [-0.2, 0) is 16.1 Å². The average molecular weight is 260 g/mol. The molecule has 2 amide bonds. The van der Waals surface area contributed by atoms with Crippen molar-refractivity contribution in [2.75, 3.05) is 13.1 Å². The van der Waals surface area contributed by atoms with Crippen LogP contribution in [0.15, 0.2) is 24.3 Å². The Balaban J connectivity index is 2.07. The van der Waals surface area contributed by atoms with Gasteiger partial charge in [0.05, 0.1) is 0 Å². The van der Waals surface area contributed by atoms with Crippen LogP contribution in [0.2, 0.25) is 0 Å². The van der Waals surface area contributed by atoms with E-state index in [9.17, 15) is 9.59 Å². The Morgan fingerprint density at radius 1 is 1.37 bits per heavy atom. The van der Waals surface area contributed by atoms with Gasteiger partial charge in [-0.05, 0) is 29.9 Å². The average Bonchev–Trinajstić information content (AvgIpc) is 2.45. The number of piperidine rings is 1. The molecule has 1 aromatic carbocycles. The lowest BCUT2D eigenvalue weighted by Gasteiger charge is -2.30. The number of nitrogens with one attached hydrogen (secondary N) is 1. The standard InChI is InChI=1S/C15H20N2O2/c1-12(19)16-10-14-4-2-3-5-15(14)13-6-8-17(11-18)9-7-13/h2-5,11,13H,6-10H2,1H3,(H,16,19). The lowest BCUT2D eigenvalue weighted by Crippen LogP contribution is -2.32. The highest BCUT2D eigenvalue weighted by Crippen LogP contribution is 2.29. The minimum absolute atomic E-state index is 0.00872. The van der Waals surface area contributed by atoms with Crippen LogP contribution in [0.5, 0.6) is 0 Å². The summed E-state index contributed by atoms with van der Waals surface area (Å²) >= 11 is 0. The minimum atomic E-state index is -0.00872. The van der Waals surface area contributed by atoms with Gasteiger partial charge in [0, 0.05) is 26.6 Å². The van der Waals surface area contributed by atoms with Gasteiger partial charge in [-0.3, -0.25) is 9.59 Å². The summed E-state index contributed by atoms with van der Waals surface area (Å²) in [5, 5.41) is 2.86. The summed E-state index contributed by atoms with van der Waals surface area (Å²) in [6.45, 7) is 3.76. The van der Waals surface area contributed by atoms with Crippen molar-refractivity contribution in [3.8, 4) is 0 Å². The molecule has 0 radical (unpaired) electrons. The normalized spacial score (nSPS) is 16.2. The van der Waals surface area contributed by atoms with Crippen LogP contribution in [0.25, 0.3) is 0 Å². The molecule has 1 fully saturated rings. The van der Waals surface area contributed by atoms with Gasteiger partial charge in [-0.15, -0.1) is 0 Å². The maximum absolute atomic E-state index is 11.0. The van der Waals surface area contributed by atoms with Crippen LogP contribution in [0.4, 0.5) is 0 Å². The van der Waals surface area contributed by atoms with E-state index in [0.717, 1.165) is 32.3 Å². The molecule has 0 spiro atoms. The molecule has 19 heavy (non-hydrogen) atoms. The van der Waals surface area contributed by atoms with Crippen molar-refractivity contribution >= 4 is 12.3 Å². The van der Waals surface area contributed by atoms with Crippen molar-refractivity contribution in [2.45, 2.75) is 32.2 Å². The fourth-order valence-electron chi connectivity index (χ4n) is 2.63. The zero-order chi connectivity index (χ0) is 13.7. The Labute approximate surface area is 113 Å².